The summed E-state index contributed by atoms with van der Waals surface area (Å²) < 4.78 is 0. The third kappa shape index (κ3) is 5.58. The largest absolute Gasteiger partial charge is 0.256 e. The first-order valence-corrected chi connectivity index (χ1v) is 18.1. The van der Waals surface area contributed by atoms with Gasteiger partial charge in [0.15, 0.2) is 0 Å². The topological polar surface area (TPSA) is 51.6 Å². The van der Waals surface area contributed by atoms with Crippen molar-refractivity contribution in [3.05, 3.63) is 194 Å². The molecule has 54 heavy (non-hydrogen) atoms. The molecule has 0 spiro atoms. The predicted octanol–water partition coefficient (Wildman–Crippen LogP) is 12.7. The van der Waals surface area contributed by atoms with E-state index in [-0.39, 0.29) is 0 Å². The average Bonchev–Trinajstić information content (AvgIpc) is 3.26. The summed E-state index contributed by atoms with van der Waals surface area (Å²) in [5.74, 6) is 0. The number of fused-ring (bicyclic) bond motifs is 3. The summed E-state index contributed by atoms with van der Waals surface area (Å²) in [6.45, 7) is 0. The summed E-state index contributed by atoms with van der Waals surface area (Å²) in [4.78, 5) is 20.5. The normalized spacial score (nSPS) is 11.3. The summed E-state index contributed by atoms with van der Waals surface area (Å²) in [5, 5.41) is 4.72. The van der Waals surface area contributed by atoms with Crippen LogP contribution in [0.25, 0.3) is 99.9 Å². The molecule has 0 amide bonds. The molecule has 0 aliphatic heterocycles. The quantitative estimate of drug-likeness (QED) is 0.174. The first-order valence-electron chi connectivity index (χ1n) is 18.1. The van der Waals surface area contributed by atoms with Crippen LogP contribution in [0, 0.1) is 0 Å². The van der Waals surface area contributed by atoms with Gasteiger partial charge in [0.05, 0.1) is 33.8 Å². The van der Waals surface area contributed by atoms with E-state index in [1.54, 1.807) is 0 Å². The molecule has 10 aromatic rings. The lowest BCUT2D eigenvalue weighted by Crippen LogP contribution is -1.99. The van der Waals surface area contributed by atoms with Gasteiger partial charge in [0.1, 0.15) is 0 Å². The number of hydrogen-bond acceptors (Lipinski definition) is 4. The summed E-state index contributed by atoms with van der Waals surface area (Å²) in [5.41, 5.74) is 13.6. The monoisotopic (exact) mass is 688 g/mol. The molecule has 10 rings (SSSR count). The highest BCUT2D eigenvalue weighted by atomic mass is 14.8. The van der Waals surface area contributed by atoms with Crippen LogP contribution in [0.5, 0.6) is 0 Å². The molecule has 0 aliphatic rings. The van der Waals surface area contributed by atoms with Crippen LogP contribution in [-0.2, 0) is 0 Å². The number of pyridine rings is 2. The van der Waals surface area contributed by atoms with Crippen molar-refractivity contribution in [3.63, 3.8) is 0 Å². The Labute approximate surface area is 313 Å². The highest BCUT2D eigenvalue weighted by Gasteiger charge is 2.21. The summed E-state index contributed by atoms with van der Waals surface area (Å²) in [6, 6.07) is 63.5. The van der Waals surface area contributed by atoms with Crippen LogP contribution in [-0.4, -0.2) is 19.9 Å². The van der Waals surface area contributed by atoms with Gasteiger partial charge in [0.25, 0.3) is 0 Å². The lowest BCUT2D eigenvalue weighted by atomic mass is 9.91. The van der Waals surface area contributed by atoms with Gasteiger partial charge in [-0.2, -0.15) is 0 Å². The maximum atomic E-state index is 5.66. The van der Waals surface area contributed by atoms with Gasteiger partial charge < -0.3 is 0 Å². The molecule has 0 unspecified atom stereocenters. The molecule has 0 bridgehead atoms. The van der Waals surface area contributed by atoms with Gasteiger partial charge in [-0.1, -0.05) is 158 Å². The van der Waals surface area contributed by atoms with Crippen LogP contribution in [0.1, 0.15) is 0 Å². The minimum Gasteiger partial charge on any atom is -0.256 e. The maximum absolute atomic E-state index is 5.66. The Morgan fingerprint density at radius 2 is 0.667 bits per heavy atom. The van der Waals surface area contributed by atoms with E-state index in [9.17, 15) is 0 Å². The number of aromatic nitrogens is 4. The highest BCUT2D eigenvalue weighted by Crippen LogP contribution is 2.42. The zero-order chi connectivity index (χ0) is 35.8. The van der Waals surface area contributed by atoms with E-state index in [0.717, 1.165) is 78.3 Å². The summed E-state index contributed by atoms with van der Waals surface area (Å²) >= 11 is 0. The minimum absolute atomic E-state index is 0.817. The Morgan fingerprint density at radius 1 is 0.278 bits per heavy atom. The molecule has 0 radical (unpaired) electrons. The Morgan fingerprint density at radius 3 is 1.09 bits per heavy atom. The maximum Gasteiger partial charge on any atom is 0.0979 e. The van der Waals surface area contributed by atoms with Gasteiger partial charge in [-0.3, -0.25) is 9.97 Å². The van der Waals surface area contributed by atoms with Gasteiger partial charge in [0, 0.05) is 45.8 Å². The number of rotatable bonds is 6. The molecular weight excluding hydrogens is 657 g/mol. The van der Waals surface area contributed by atoms with Crippen LogP contribution in [0.4, 0.5) is 0 Å². The van der Waals surface area contributed by atoms with Crippen molar-refractivity contribution in [2.24, 2.45) is 0 Å². The molecule has 0 atom stereocenters. The molecule has 252 valence electrons. The highest BCUT2D eigenvalue weighted by molar-refractivity contribution is 6.10. The summed E-state index contributed by atoms with van der Waals surface area (Å²) in [6.07, 6.45) is 3.65. The van der Waals surface area contributed by atoms with E-state index in [1.807, 2.05) is 48.8 Å². The average molecular weight is 689 g/mol. The second-order valence-electron chi connectivity index (χ2n) is 13.4. The molecule has 0 saturated heterocycles. The SMILES string of the molecule is c1ccc(-c2ccc(-c3nc4c(-c5cccc6ccccc56)ccc(-c5cccc6ccccc56)c4nc3-c3ccc(-c4ccccn4)cc3)cc2)nc1. The van der Waals surface area contributed by atoms with Crippen molar-refractivity contribution in [2.75, 3.05) is 0 Å². The van der Waals surface area contributed by atoms with Crippen molar-refractivity contribution >= 4 is 32.6 Å². The molecule has 0 fully saturated rings. The predicted molar refractivity (Wildman–Crippen MR) is 223 cm³/mol. The molecule has 3 aromatic heterocycles. The Bertz CT molecular complexity index is 2740. The van der Waals surface area contributed by atoms with Gasteiger partial charge in [-0.05, 0) is 56.9 Å². The molecule has 0 saturated carbocycles. The van der Waals surface area contributed by atoms with E-state index in [0.29, 0.717) is 0 Å². The first kappa shape index (κ1) is 31.4. The molecule has 0 aliphatic carbocycles. The van der Waals surface area contributed by atoms with Crippen LogP contribution in [0.15, 0.2) is 194 Å². The Kier molecular flexibility index (Phi) is 7.77. The number of nitrogens with zero attached hydrogens (tertiary/aromatic N) is 4. The van der Waals surface area contributed by atoms with Crippen molar-refractivity contribution in [3.8, 4) is 67.3 Å². The third-order valence-corrected chi connectivity index (χ3v) is 10.2. The van der Waals surface area contributed by atoms with Crippen molar-refractivity contribution in [1.29, 1.82) is 0 Å². The lowest BCUT2D eigenvalue weighted by Gasteiger charge is -2.18. The molecule has 3 heterocycles. The van der Waals surface area contributed by atoms with E-state index in [4.69, 9.17) is 9.97 Å². The number of hydrogen-bond donors (Lipinski definition) is 0. The fraction of sp³-hybridized carbons (Fsp3) is 0. The molecule has 7 aromatic carbocycles. The van der Waals surface area contributed by atoms with Crippen molar-refractivity contribution in [2.45, 2.75) is 0 Å². The zero-order valence-electron chi connectivity index (χ0n) is 29.3. The number of benzene rings is 7. The van der Waals surface area contributed by atoms with E-state index < -0.39 is 0 Å². The van der Waals surface area contributed by atoms with Gasteiger partial charge in [-0.15, -0.1) is 0 Å². The fourth-order valence-electron chi connectivity index (χ4n) is 7.56. The molecular formula is C50H32N4. The Balaban J connectivity index is 1.27. The smallest absolute Gasteiger partial charge is 0.0979 e. The lowest BCUT2D eigenvalue weighted by molar-refractivity contribution is 1.29. The third-order valence-electron chi connectivity index (χ3n) is 10.2. The molecule has 0 N–H and O–H groups in total. The Hall–Kier alpha value is -7.30. The fourth-order valence-corrected chi connectivity index (χ4v) is 7.56. The van der Waals surface area contributed by atoms with Crippen molar-refractivity contribution in [1.82, 2.24) is 19.9 Å². The van der Waals surface area contributed by atoms with E-state index in [2.05, 4.69) is 156 Å². The van der Waals surface area contributed by atoms with Crippen LogP contribution < -0.4 is 0 Å². The van der Waals surface area contributed by atoms with Gasteiger partial charge >= 0.3 is 0 Å². The van der Waals surface area contributed by atoms with E-state index >= 15 is 0 Å². The van der Waals surface area contributed by atoms with Crippen LogP contribution in [0.3, 0.4) is 0 Å². The second kappa shape index (κ2) is 13.4. The van der Waals surface area contributed by atoms with Crippen molar-refractivity contribution < 1.29 is 0 Å². The second-order valence-corrected chi connectivity index (χ2v) is 13.4. The summed E-state index contributed by atoms with van der Waals surface area (Å²) in [7, 11) is 0. The van der Waals surface area contributed by atoms with Crippen LogP contribution in [0.2, 0.25) is 0 Å². The first-order chi connectivity index (χ1) is 26.8. The minimum atomic E-state index is 0.817. The van der Waals surface area contributed by atoms with Gasteiger partial charge in [-0.25, -0.2) is 9.97 Å². The van der Waals surface area contributed by atoms with E-state index in [1.165, 1.54) is 21.5 Å². The molecule has 4 nitrogen and oxygen atoms in total. The molecule has 4 heteroatoms. The van der Waals surface area contributed by atoms with Crippen LogP contribution >= 0.6 is 0 Å². The zero-order valence-corrected chi connectivity index (χ0v) is 29.3. The standard InChI is InChI=1S/C50H32N4/c1-3-15-39-33(11-1)13-9-17-41(39)43-29-30-44(42-18-10-14-34-12-2-4-16-40(34)42)50-49(43)53-47(37-25-21-35(22-26-37)45-19-5-7-31-51-45)48(54-50)38-27-23-36(24-28-38)46-20-6-8-32-52-46/h1-32H. The van der Waals surface area contributed by atoms with Gasteiger partial charge in [0.2, 0.25) is 0 Å².